The molecule has 3 aliphatic heterocycles. The van der Waals surface area contributed by atoms with Crippen LogP contribution in [0.15, 0.2) is 36.5 Å². The molecule has 0 radical (unpaired) electrons. The van der Waals surface area contributed by atoms with Crippen LogP contribution in [0.5, 0.6) is 5.75 Å². The minimum Gasteiger partial charge on any atom is -0.507 e. The molecule has 2 N–H and O–H groups in total. The molecule has 2 fully saturated rings. The van der Waals surface area contributed by atoms with Crippen LogP contribution in [0.2, 0.25) is 0 Å². The number of phenolic OH excluding ortho intramolecular Hbond substituents is 1. The number of rotatable bonds is 3. The highest BCUT2D eigenvalue weighted by Crippen LogP contribution is 2.52. The van der Waals surface area contributed by atoms with Crippen LogP contribution >= 0.6 is 0 Å². The lowest BCUT2D eigenvalue weighted by Crippen LogP contribution is -2.60. The van der Waals surface area contributed by atoms with Crippen molar-refractivity contribution in [1.82, 2.24) is 9.88 Å². The van der Waals surface area contributed by atoms with Crippen molar-refractivity contribution in [2.45, 2.75) is 71.0 Å². The van der Waals surface area contributed by atoms with E-state index >= 15 is 0 Å². The number of hydrogen-bond donors (Lipinski definition) is 2. The van der Waals surface area contributed by atoms with E-state index in [-0.39, 0.29) is 40.9 Å². The van der Waals surface area contributed by atoms with Crippen LogP contribution in [0.25, 0.3) is 0 Å². The quantitative estimate of drug-likeness (QED) is 0.499. The van der Waals surface area contributed by atoms with Gasteiger partial charge in [-0.2, -0.15) is 0 Å². The number of ether oxygens (including phenoxy) is 2. The number of carbonyl (C=O) groups is 3. The molecule has 2 aromatic rings. The summed E-state index contributed by atoms with van der Waals surface area (Å²) in [5, 5.41) is 10.9. The van der Waals surface area contributed by atoms with E-state index in [9.17, 15) is 19.5 Å². The summed E-state index contributed by atoms with van der Waals surface area (Å²) in [6, 6.07) is 8.08. The van der Waals surface area contributed by atoms with Gasteiger partial charge >= 0.3 is 0 Å². The number of hydrogen-bond acceptors (Lipinski definition) is 6. The Balaban J connectivity index is 1.66. The zero-order valence-electron chi connectivity index (χ0n) is 20.3. The molecule has 1 aromatic carbocycles. The Kier molecular flexibility index (Phi) is 6.05. The number of imide groups is 1. The van der Waals surface area contributed by atoms with Gasteiger partial charge in [-0.25, -0.2) is 4.90 Å². The number of H-pyrrole nitrogens is 1. The highest BCUT2D eigenvalue weighted by Gasteiger charge is 2.62. The van der Waals surface area contributed by atoms with Gasteiger partial charge < -0.3 is 19.6 Å². The highest BCUT2D eigenvalue weighted by molar-refractivity contribution is 6.10. The van der Waals surface area contributed by atoms with Crippen molar-refractivity contribution in [1.29, 1.82) is 0 Å². The Morgan fingerprint density at radius 3 is 2.57 bits per heavy atom. The number of amides is 2. The second kappa shape index (κ2) is 8.91. The maximum atomic E-state index is 13.4. The van der Waals surface area contributed by atoms with Gasteiger partial charge in [0.2, 0.25) is 5.91 Å². The molecule has 5 rings (SSSR count). The maximum Gasteiger partial charge on any atom is 0.294 e. The molecular weight excluding hydrogens is 448 g/mol. The summed E-state index contributed by atoms with van der Waals surface area (Å²) in [5.74, 6) is -3.79. The van der Waals surface area contributed by atoms with Crippen molar-refractivity contribution in [2.75, 3.05) is 0 Å². The van der Waals surface area contributed by atoms with Gasteiger partial charge in [-0.1, -0.05) is 39.7 Å². The Bertz CT molecular complexity index is 1140. The fourth-order valence-corrected chi connectivity index (χ4v) is 5.83. The number of fused-ring (bicyclic) bond motifs is 2. The summed E-state index contributed by atoms with van der Waals surface area (Å²) in [5.41, 5.74) is 0.789. The number of carbonyl (C=O) groups excluding carboxylic acids is 3. The lowest BCUT2D eigenvalue weighted by Gasteiger charge is -2.47. The van der Waals surface area contributed by atoms with Crippen molar-refractivity contribution in [3.63, 3.8) is 0 Å². The van der Waals surface area contributed by atoms with E-state index in [0.29, 0.717) is 5.69 Å². The molecule has 1 aromatic heterocycles. The predicted molar refractivity (Wildman–Crippen MR) is 126 cm³/mol. The van der Waals surface area contributed by atoms with Crippen molar-refractivity contribution < 1.29 is 29.0 Å². The molecule has 8 nitrogen and oxygen atoms in total. The predicted octanol–water partition coefficient (Wildman–Crippen LogP) is 4.35. The van der Waals surface area contributed by atoms with E-state index in [1.807, 2.05) is 13.8 Å². The molecule has 0 saturated carbocycles. The second-order valence-electron chi connectivity index (χ2n) is 10.2. The van der Waals surface area contributed by atoms with E-state index in [2.05, 4.69) is 4.98 Å². The van der Waals surface area contributed by atoms with Crippen LogP contribution in [-0.4, -0.2) is 44.8 Å². The summed E-state index contributed by atoms with van der Waals surface area (Å²) >= 11 is 0. The number of benzene rings is 1. The molecule has 2 amide bonds. The topological polar surface area (TPSA) is 109 Å². The maximum absolute atomic E-state index is 13.4. The number of aromatic amines is 1. The number of aromatic nitrogens is 1. The van der Waals surface area contributed by atoms with Crippen LogP contribution in [0.4, 0.5) is 0 Å². The Morgan fingerprint density at radius 1 is 1.11 bits per heavy atom. The average Bonchev–Trinajstić information content (AvgIpc) is 3.45. The van der Waals surface area contributed by atoms with Gasteiger partial charge in [0.05, 0.1) is 35.4 Å². The van der Waals surface area contributed by atoms with E-state index in [4.69, 9.17) is 9.47 Å². The smallest absolute Gasteiger partial charge is 0.294 e. The number of ketones is 1. The Morgan fingerprint density at radius 2 is 1.86 bits per heavy atom. The van der Waals surface area contributed by atoms with Crippen LogP contribution in [0, 0.1) is 17.8 Å². The fraction of sp³-hybridized carbons (Fsp3) is 0.519. The third-order valence-electron chi connectivity index (χ3n) is 7.85. The van der Waals surface area contributed by atoms with Gasteiger partial charge in [-0.15, -0.1) is 0 Å². The van der Waals surface area contributed by atoms with Crippen molar-refractivity contribution >= 4 is 17.6 Å². The minimum absolute atomic E-state index is 0.0522. The third kappa shape index (κ3) is 3.79. The van der Waals surface area contributed by atoms with Crippen molar-refractivity contribution in [2.24, 2.45) is 17.8 Å². The van der Waals surface area contributed by atoms with E-state index < -0.39 is 35.9 Å². The molecule has 2 bridgehead atoms. The van der Waals surface area contributed by atoms with Gasteiger partial charge in [0.25, 0.3) is 11.8 Å². The number of Topliss-reactive ketones (excluding diaryl/α,β-unsaturated/α-hetero) is 1. The standard InChI is InChI=1S/C27H32N2O6/c1-15-8-4-5-9-16(2)25(17(3)24(32)19-11-7-13-28-19)35-27-23-18(10-6-12-20(23)30)26(33)29(27)22(31)14-21(15)34-27/h6-7,10-13,15-17,21,25,28,30H,4-5,8-9,14H2,1-3H3/t15-,16+,17-,21+,25+,27-/m0/s1. The van der Waals surface area contributed by atoms with Crippen molar-refractivity contribution in [3.05, 3.63) is 53.3 Å². The molecule has 8 heteroatoms. The molecule has 1 spiro atoms. The van der Waals surface area contributed by atoms with Crippen LogP contribution in [0.3, 0.4) is 0 Å². The normalized spacial score (nSPS) is 31.9. The highest BCUT2D eigenvalue weighted by atomic mass is 16.7. The molecule has 0 aliphatic carbocycles. The molecular formula is C27H32N2O6. The second-order valence-corrected chi connectivity index (χ2v) is 10.2. The summed E-state index contributed by atoms with van der Waals surface area (Å²) < 4.78 is 13.3. The zero-order valence-corrected chi connectivity index (χ0v) is 20.3. The van der Waals surface area contributed by atoms with Gasteiger partial charge in [-0.3, -0.25) is 14.4 Å². The number of phenols is 1. The first-order valence-corrected chi connectivity index (χ1v) is 12.5. The molecule has 186 valence electrons. The Labute approximate surface area is 204 Å². The average molecular weight is 481 g/mol. The van der Waals surface area contributed by atoms with Gasteiger partial charge in [0, 0.05) is 12.1 Å². The monoisotopic (exact) mass is 480 g/mol. The van der Waals surface area contributed by atoms with Crippen LogP contribution in [-0.2, 0) is 20.2 Å². The fourth-order valence-electron chi connectivity index (χ4n) is 5.83. The molecule has 35 heavy (non-hydrogen) atoms. The number of nitrogens with one attached hydrogen (secondary N) is 1. The molecule has 0 unspecified atom stereocenters. The lowest BCUT2D eigenvalue weighted by atomic mass is 9.85. The first kappa shape index (κ1) is 23.8. The van der Waals surface area contributed by atoms with Gasteiger partial charge in [0.15, 0.2) is 5.78 Å². The first-order chi connectivity index (χ1) is 16.7. The van der Waals surface area contributed by atoms with Crippen molar-refractivity contribution in [3.8, 4) is 5.75 Å². The van der Waals surface area contributed by atoms with Gasteiger partial charge in [-0.05, 0) is 48.9 Å². The number of nitrogens with zero attached hydrogens (tertiary/aromatic N) is 1. The SMILES string of the molecule is C[C@@H]1CCCC[C@H](C)[C@H]2CC(=O)N3C(=O)c4cccc(O)c4[C@@]3(O[C@H]1[C@@H](C)C(=O)c1ccc[nH]1)O2. The molecule has 4 heterocycles. The lowest BCUT2D eigenvalue weighted by molar-refractivity contribution is -0.360. The summed E-state index contributed by atoms with van der Waals surface area (Å²) in [6.07, 6.45) is 4.19. The van der Waals surface area contributed by atoms with E-state index in [1.54, 1.807) is 37.4 Å². The van der Waals surface area contributed by atoms with Gasteiger partial charge in [0.1, 0.15) is 5.75 Å². The third-order valence-corrected chi connectivity index (χ3v) is 7.85. The summed E-state index contributed by atoms with van der Waals surface area (Å²) in [4.78, 5) is 44.2. The molecule has 6 atom stereocenters. The largest absolute Gasteiger partial charge is 0.507 e. The molecule has 2 saturated heterocycles. The zero-order chi connectivity index (χ0) is 24.9. The summed E-state index contributed by atoms with van der Waals surface area (Å²) in [6.45, 7) is 5.87. The van der Waals surface area contributed by atoms with E-state index in [0.717, 1.165) is 30.6 Å². The molecule has 3 aliphatic rings. The summed E-state index contributed by atoms with van der Waals surface area (Å²) in [7, 11) is 0. The van der Waals surface area contributed by atoms with Crippen LogP contribution in [0.1, 0.15) is 79.3 Å². The Hall–Kier alpha value is -2.97. The number of aromatic hydroxyl groups is 1. The van der Waals surface area contributed by atoms with Crippen LogP contribution < -0.4 is 0 Å². The first-order valence-electron chi connectivity index (χ1n) is 12.5. The minimum atomic E-state index is -1.92. The van der Waals surface area contributed by atoms with E-state index in [1.165, 1.54) is 6.07 Å².